The molecule has 0 aliphatic carbocycles. The number of fused-ring (bicyclic) bond motifs is 20. The van der Waals surface area contributed by atoms with Crippen LogP contribution in [0.15, 0.2) is 210 Å². The molecule has 0 spiro atoms. The van der Waals surface area contributed by atoms with E-state index >= 15 is 0 Å². The SMILES string of the molecule is [Zn+2].c1ccc(Sc2cccc3c2-c2nc-3nc3[n-]c(nc4nc(nc5[n-]c(n2)c2cccc(Sc6ccccn6)c52)-c2cccc(Sc5ccccn5)c2-4)c2cccc(Sc4ccccn4)c32)nc1. The fourth-order valence-electron chi connectivity index (χ4n) is 8.14. The van der Waals surface area contributed by atoms with E-state index in [4.69, 9.17) is 39.9 Å². The molecule has 12 nitrogen and oxygen atoms in total. The minimum absolute atomic E-state index is 0. The number of benzene rings is 4. The summed E-state index contributed by atoms with van der Waals surface area (Å²) in [6.45, 7) is 0. The molecule has 0 saturated carbocycles. The van der Waals surface area contributed by atoms with Crippen LogP contribution in [0, 0.1) is 0 Å². The molecule has 0 fully saturated rings. The molecule has 11 aromatic rings. The summed E-state index contributed by atoms with van der Waals surface area (Å²) in [4.78, 5) is 64.7. The van der Waals surface area contributed by atoms with Crippen molar-refractivity contribution in [3.63, 3.8) is 0 Å². The van der Waals surface area contributed by atoms with Gasteiger partial charge in [0.15, 0.2) is 0 Å². The largest absolute Gasteiger partial charge is 2.00 e. The van der Waals surface area contributed by atoms with Gasteiger partial charge in [0.05, 0.1) is 23.3 Å². The molecule has 8 bridgehead atoms. The zero-order chi connectivity index (χ0) is 45.0. The summed E-state index contributed by atoms with van der Waals surface area (Å²) >= 11 is 6.16. The molecule has 0 atom stereocenters. The third-order valence-corrected chi connectivity index (χ3v) is 15.1. The fraction of sp³-hybridized carbons (Fsp3) is 0. The minimum atomic E-state index is 0. The zero-order valence-electron chi connectivity index (χ0n) is 35.9. The van der Waals surface area contributed by atoms with E-state index in [9.17, 15) is 0 Å². The predicted octanol–water partition coefficient (Wildman–Crippen LogP) is 12.3. The van der Waals surface area contributed by atoms with Crippen LogP contribution in [0.1, 0.15) is 0 Å². The third kappa shape index (κ3) is 8.15. The Morgan fingerprint density at radius 3 is 1.03 bits per heavy atom. The molecule has 322 valence electrons. The molecule has 69 heavy (non-hydrogen) atoms. The Hall–Kier alpha value is -7.14. The Balaban J connectivity index is 0.00000492. The molecule has 2 aliphatic rings. The summed E-state index contributed by atoms with van der Waals surface area (Å²) in [6, 6.07) is 47.9. The number of hydrogen-bond acceptors (Lipinski definition) is 14. The molecular weight excluding hydrogens is 986 g/mol. The molecule has 0 saturated heterocycles. The van der Waals surface area contributed by atoms with E-state index in [0.29, 0.717) is 45.9 Å². The van der Waals surface area contributed by atoms with Crippen LogP contribution in [0.25, 0.3) is 89.7 Å². The second kappa shape index (κ2) is 18.4. The second-order valence-corrected chi connectivity index (χ2v) is 19.5. The number of pyridine rings is 4. The van der Waals surface area contributed by atoms with Crippen molar-refractivity contribution in [3.05, 3.63) is 170 Å². The van der Waals surface area contributed by atoms with Crippen LogP contribution in [0.3, 0.4) is 0 Å². The normalized spacial score (nSPS) is 11.6. The number of hydrogen-bond donors (Lipinski definition) is 0. The van der Waals surface area contributed by atoms with Crippen LogP contribution >= 0.6 is 47.0 Å². The van der Waals surface area contributed by atoms with Gasteiger partial charge < -0.3 is 29.9 Å². The Kier molecular flexibility index (Phi) is 11.5. The van der Waals surface area contributed by atoms with E-state index < -0.39 is 0 Å². The van der Waals surface area contributed by atoms with E-state index in [1.807, 2.05) is 121 Å². The third-order valence-electron chi connectivity index (χ3n) is 11.1. The summed E-state index contributed by atoms with van der Waals surface area (Å²) in [5, 5.41) is 6.56. The summed E-state index contributed by atoms with van der Waals surface area (Å²) in [5.74, 6) is 1.83. The van der Waals surface area contributed by atoms with Crippen LogP contribution in [-0.4, -0.2) is 49.8 Å². The van der Waals surface area contributed by atoms with Crippen LogP contribution in [-0.2, 0) is 19.5 Å². The topological polar surface area (TPSA) is 157 Å². The van der Waals surface area contributed by atoms with Crippen LogP contribution in [0.4, 0.5) is 0 Å². The maximum absolute atomic E-state index is 5.35. The number of aromatic nitrogens is 12. The first-order chi connectivity index (χ1) is 33.7. The molecule has 0 unspecified atom stereocenters. The minimum Gasteiger partial charge on any atom is -0.357 e. The van der Waals surface area contributed by atoms with Gasteiger partial charge in [-0.1, -0.05) is 120 Å². The van der Waals surface area contributed by atoms with Gasteiger partial charge in [0.1, 0.15) is 20.1 Å². The maximum Gasteiger partial charge on any atom is 2.00 e. The van der Waals surface area contributed by atoms with Crippen molar-refractivity contribution in [1.29, 1.82) is 0 Å². The van der Waals surface area contributed by atoms with Gasteiger partial charge in [-0.3, -0.25) is 0 Å². The van der Waals surface area contributed by atoms with Crippen LogP contribution in [0.5, 0.6) is 0 Å². The Bertz CT molecular complexity index is 3680. The smallest absolute Gasteiger partial charge is 0.357 e. The molecule has 7 aromatic heterocycles. The second-order valence-electron chi connectivity index (χ2n) is 15.3. The molecule has 17 heteroatoms. The summed E-state index contributed by atoms with van der Waals surface area (Å²) < 4.78 is 0. The van der Waals surface area contributed by atoms with Gasteiger partial charge in [-0.25, -0.2) is 29.9 Å². The Labute approximate surface area is 423 Å². The van der Waals surface area contributed by atoms with E-state index in [2.05, 4.69) is 44.2 Å². The number of rotatable bonds is 8. The average molecular weight is 1010 g/mol. The molecular formula is C52H28N12S4Zn. The van der Waals surface area contributed by atoms with Crippen molar-refractivity contribution in [2.75, 3.05) is 0 Å². The van der Waals surface area contributed by atoms with Gasteiger partial charge >= 0.3 is 19.5 Å². The van der Waals surface area contributed by atoms with Crippen LogP contribution < -0.4 is 9.97 Å². The van der Waals surface area contributed by atoms with E-state index in [0.717, 1.165) is 83.5 Å². The van der Waals surface area contributed by atoms with E-state index in [-0.39, 0.29) is 19.5 Å². The van der Waals surface area contributed by atoms with E-state index in [1.54, 1.807) is 71.8 Å². The van der Waals surface area contributed by atoms with Crippen molar-refractivity contribution in [1.82, 2.24) is 59.8 Å². The quantitative estimate of drug-likeness (QED) is 0.132. The van der Waals surface area contributed by atoms with Crippen molar-refractivity contribution in [2.45, 2.75) is 39.7 Å². The maximum atomic E-state index is 5.35. The Morgan fingerprint density at radius 2 is 0.652 bits per heavy atom. The Morgan fingerprint density at radius 1 is 0.304 bits per heavy atom. The summed E-state index contributed by atoms with van der Waals surface area (Å²) in [6.07, 6.45) is 7.16. The molecule has 13 rings (SSSR count). The monoisotopic (exact) mass is 1010 g/mol. The molecule has 9 heterocycles. The first-order valence-electron chi connectivity index (χ1n) is 21.3. The van der Waals surface area contributed by atoms with Gasteiger partial charge in [-0.2, -0.15) is 0 Å². The van der Waals surface area contributed by atoms with Crippen molar-refractivity contribution in [2.24, 2.45) is 0 Å². The van der Waals surface area contributed by atoms with Crippen molar-refractivity contribution in [3.8, 4) is 45.6 Å². The summed E-state index contributed by atoms with van der Waals surface area (Å²) in [5.41, 5.74) is 5.06. The van der Waals surface area contributed by atoms with Gasteiger partial charge in [0, 0.05) is 100.0 Å². The van der Waals surface area contributed by atoms with Crippen LogP contribution in [0.2, 0.25) is 0 Å². The van der Waals surface area contributed by atoms with Gasteiger partial charge in [-0.05, 0) is 83.6 Å². The van der Waals surface area contributed by atoms with E-state index in [1.165, 1.54) is 0 Å². The van der Waals surface area contributed by atoms with Gasteiger partial charge in [-0.15, -0.1) is 0 Å². The van der Waals surface area contributed by atoms with Gasteiger partial charge in [0.2, 0.25) is 0 Å². The molecule has 4 aromatic carbocycles. The first kappa shape index (κ1) is 43.2. The molecule has 0 amide bonds. The molecule has 2 aliphatic heterocycles. The summed E-state index contributed by atoms with van der Waals surface area (Å²) in [7, 11) is 0. The van der Waals surface area contributed by atoms with Crippen molar-refractivity contribution < 1.29 is 19.5 Å². The molecule has 0 N–H and O–H groups in total. The first-order valence-corrected chi connectivity index (χ1v) is 24.5. The standard InChI is InChI=1S/C52H28N12S4.Zn/c1-5-25-53-37(21-1)65-33-17-9-13-29-41(33)49-57-45(29)62-50-43-31(15-11-19-35(43)67-39-23-3-7-27-55-39)47(59-50)64-52-44-32(16-12-20-36(44)68-40-24-4-8-28-56-40)48(60-52)63-51-42-30(46(58-51)61-49)14-10-18-34(42)66-38-22-2-6-26-54-38;/h1-28H;/q-2;+2. The van der Waals surface area contributed by atoms with Gasteiger partial charge in [0.25, 0.3) is 0 Å². The van der Waals surface area contributed by atoms with Crippen molar-refractivity contribution >= 4 is 91.2 Å². The number of nitrogens with zero attached hydrogens (tertiary/aromatic N) is 12. The predicted molar refractivity (Wildman–Crippen MR) is 267 cm³/mol. The zero-order valence-corrected chi connectivity index (χ0v) is 42.1. The molecule has 0 radical (unpaired) electrons. The average Bonchev–Trinajstić information content (AvgIpc) is 4.12. The fourth-order valence-corrected chi connectivity index (χ4v) is 11.9.